The van der Waals surface area contributed by atoms with Crippen LogP contribution < -0.4 is 4.90 Å². The number of benzene rings is 1. The third-order valence-corrected chi connectivity index (χ3v) is 4.09. The summed E-state index contributed by atoms with van der Waals surface area (Å²) < 4.78 is 0. The van der Waals surface area contributed by atoms with Crippen LogP contribution in [0.5, 0.6) is 0 Å². The molecule has 0 amide bonds. The third-order valence-electron chi connectivity index (χ3n) is 3.80. The molecule has 1 aromatic heterocycles. The number of aromatic nitrogens is 2. The van der Waals surface area contributed by atoms with Gasteiger partial charge in [-0.1, -0.05) is 25.1 Å². The molecule has 0 bridgehead atoms. The van der Waals surface area contributed by atoms with Crippen LogP contribution in [0.1, 0.15) is 23.7 Å². The summed E-state index contributed by atoms with van der Waals surface area (Å²) in [4.78, 5) is 11.3. The molecule has 0 saturated heterocycles. The molecule has 0 aliphatic carbocycles. The highest BCUT2D eigenvalue weighted by molar-refractivity contribution is 6.17. The van der Waals surface area contributed by atoms with Crippen molar-refractivity contribution in [2.24, 2.45) is 5.92 Å². The van der Waals surface area contributed by atoms with Gasteiger partial charge in [-0.25, -0.2) is 9.97 Å². The summed E-state index contributed by atoms with van der Waals surface area (Å²) in [6.45, 7) is 5.21. The Balaban J connectivity index is 2.04. The smallest absolute Gasteiger partial charge is 0.230 e. The largest absolute Gasteiger partial charge is 0.310 e. The van der Waals surface area contributed by atoms with Crippen LogP contribution in [0.25, 0.3) is 0 Å². The van der Waals surface area contributed by atoms with Gasteiger partial charge in [0, 0.05) is 29.7 Å². The van der Waals surface area contributed by atoms with E-state index in [0.29, 0.717) is 11.8 Å². The lowest BCUT2D eigenvalue weighted by atomic mass is 9.94. The van der Waals surface area contributed by atoms with E-state index in [4.69, 9.17) is 11.6 Å². The zero-order valence-electron chi connectivity index (χ0n) is 11.8. The molecule has 3 rings (SSSR count). The summed E-state index contributed by atoms with van der Waals surface area (Å²) in [6, 6.07) is 8.51. The first-order valence-corrected chi connectivity index (χ1v) is 7.46. The van der Waals surface area contributed by atoms with Crippen molar-refractivity contribution in [2.45, 2.75) is 26.1 Å². The maximum atomic E-state index is 5.88. The Morgan fingerprint density at radius 2 is 2.15 bits per heavy atom. The van der Waals surface area contributed by atoms with Crippen LogP contribution in [-0.2, 0) is 12.3 Å². The number of nitrogens with zero attached hydrogens (tertiary/aromatic N) is 3. The first-order valence-electron chi connectivity index (χ1n) is 6.93. The Morgan fingerprint density at radius 1 is 1.35 bits per heavy atom. The van der Waals surface area contributed by atoms with Gasteiger partial charge in [0.25, 0.3) is 0 Å². The Morgan fingerprint density at radius 3 is 2.90 bits per heavy atom. The molecule has 0 spiro atoms. The zero-order valence-corrected chi connectivity index (χ0v) is 12.6. The topological polar surface area (TPSA) is 29.0 Å². The molecule has 0 saturated carbocycles. The van der Waals surface area contributed by atoms with Gasteiger partial charge in [0.2, 0.25) is 5.95 Å². The van der Waals surface area contributed by atoms with Gasteiger partial charge in [0.05, 0.1) is 5.88 Å². The molecule has 2 aromatic rings. The summed E-state index contributed by atoms with van der Waals surface area (Å²) >= 11 is 5.88. The maximum absolute atomic E-state index is 5.88. The van der Waals surface area contributed by atoms with Crippen LogP contribution >= 0.6 is 11.6 Å². The Kier molecular flexibility index (Phi) is 3.62. The van der Waals surface area contributed by atoms with Crippen molar-refractivity contribution in [3.05, 3.63) is 47.3 Å². The minimum Gasteiger partial charge on any atom is -0.310 e. The quantitative estimate of drug-likeness (QED) is 0.786. The number of hydrogen-bond acceptors (Lipinski definition) is 3. The van der Waals surface area contributed by atoms with Crippen molar-refractivity contribution < 1.29 is 0 Å². The van der Waals surface area contributed by atoms with Gasteiger partial charge in [-0.2, -0.15) is 0 Å². The first-order chi connectivity index (χ1) is 9.69. The number of rotatable bonds is 2. The van der Waals surface area contributed by atoms with E-state index in [2.05, 4.69) is 46.1 Å². The van der Waals surface area contributed by atoms with E-state index in [1.54, 1.807) is 0 Å². The predicted octanol–water partition coefficient (Wildman–Crippen LogP) is 3.85. The van der Waals surface area contributed by atoms with Crippen molar-refractivity contribution in [1.29, 1.82) is 0 Å². The summed E-state index contributed by atoms with van der Waals surface area (Å²) in [7, 11) is 0. The van der Waals surface area contributed by atoms with Crippen molar-refractivity contribution in [3.8, 4) is 0 Å². The van der Waals surface area contributed by atoms with E-state index in [1.807, 2.05) is 13.1 Å². The normalized spacial score (nSPS) is 17.9. The van der Waals surface area contributed by atoms with Crippen LogP contribution in [0, 0.1) is 12.8 Å². The molecule has 20 heavy (non-hydrogen) atoms. The summed E-state index contributed by atoms with van der Waals surface area (Å²) in [6.07, 6.45) is 2.96. The van der Waals surface area contributed by atoms with Gasteiger partial charge in [-0.3, -0.25) is 0 Å². The monoisotopic (exact) mass is 287 g/mol. The van der Waals surface area contributed by atoms with Crippen LogP contribution in [0.15, 0.2) is 30.5 Å². The first kappa shape index (κ1) is 13.4. The van der Waals surface area contributed by atoms with E-state index in [1.165, 1.54) is 11.3 Å². The average molecular weight is 288 g/mol. The standard InChI is InChI=1S/C16H18ClN3/c1-11-7-13-5-3-4-6-15(13)20(10-11)16-18-9-14(8-17)12(2)19-16/h3-6,9,11H,7-8,10H2,1-2H3. The Bertz CT molecular complexity index is 627. The van der Waals surface area contributed by atoms with Gasteiger partial charge < -0.3 is 4.90 Å². The van der Waals surface area contributed by atoms with Gasteiger partial charge in [0.15, 0.2) is 0 Å². The SMILES string of the molecule is Cc1nc(N2CC(C)Cc3ccccc32)ncc1CCl. The molecule has 104 valence electrons. The fourth-order valence-corrected chi connectivity index (χ4v) is 2.99. The van der Waals surface area contributed by atoms with Crippen molar-refractivity contribution in [1.82, 2.24) is 9.97 Å². The lowest BCUT2D eigenvalue weighted by molar-refractivity contribution is 0.557. The van der Waals surface area contributed by atoms with E-state index in [-0.39, 0.29) is 0 Å². The number of aryl methyl sites for hydroxylation is 1. The summed E-state index contributed by atoms with van der Waals surface area (Å²) in [5.41, 5.74) is 4.55. The number of alkyl halides is 1. The number of fused-ring (bicyclic) bond motifs is 1. The average Bonchev–Trinajstić information content (AvgIpc) is 2.46. The number of halogens is 1. The van der Waals surface area contributed by atoms with Crippen LogP contribution in [0.4, 0.5) is 11.6 Å². The molecule has 3 nitrogen and oxygen atoms in total. The fraction of sp³-hybridized carbons (Fsp3) is 0.375. The summed E-state index contributed by atoms with van der Waals surface area (Å²) in [5, 5.41) is 0. The predicted molar refractivity (Wildman–Crippen MR) is 82.6 cm³/mol. The molecule has 1 aliphatic rings. The second kappa shape index (κ2) is 5.41. The van der Waals surface area contributed by atoms with Crippen molar-refractivity contribution >= 4 is 23.2 Å². The number of anilines is 2. The molecular weight excluding hydrogens is 270 g/mol. The van der Waals surface area contributed by atoms with Crippen LogP contribution in [-0.4, -0.2) is 16.5 Å². The molecule has 1 unspecified atom stereocenters. The van der Waals surface area contributed by atoms with Crippen molar-refractivity contribution in [3.63, 3.8) is 0 Å². The maximum Gasteiger partial charge on any atom is 0.230 e. The van der Waals surface area contributed by atoms with Crippen molar-refractivity contribution in [2.75, 3.05) is 11.4 Å². The molecule has 2 heterocycles. The van der Waals surface area contributed by atoms with Gasteiger partial charge in [-0.05, 0) is 30.9 Å². The van der Waals surface area contributed by atoms with E-state index in [9.17, 15) is 0 Å². The van der Waals surface area contributed by atoms with Gasteiger partial charge in [-0.15, -0.1) is 11.6 Å². The lowest BCUT2D eigenvalue weighted by Crippen LogP contribution is -2.31. The third kappa shape index (κ3) is 2.38. The minimum atomic E-state index is 0.457. The second-order valence-corrected chi connectivity index (χ2v) is 5.73. The highest BCUT2D eigenvalue weighted by Crippen LogP contribution is 2.33. The Labute approximate surface area is 124 Å². The number of para-hydroxylation sites is 1. The molecule has 1 aromatic carbocycles. The number of hydrogen-bond donors (Lipinski definition) is 0. The highest BCUT2D eigenvalue weighted by atomic mass is 35.5. The van der Waals surface area contributed by atoms with Crippen LogP contribution in [0.2, 0.25) is 0 Å². The zero-order chi connectivity index (χ0) is 14.1. The van der Waals surface area contributed by atoms with Crippen LogP contribution in [0.3, 0.4) is 0 Å². The molecule has 1 aliphatic heterocycles. The fourth-order valence-electron chi connectivity index (χ4n) is 2.73. The molecule has 0 N–H and O–H groups in total. The van der Waals surface area contributed by atoms with E-state index in [0.717, 1.165) is 30.2 Å². The second-order valence-electron chi connectivity index (χ2n) is 5.46. The van der Waals surface area contributed by atoms with E-state index >= 15 is 0 Å². The molecular formula is C16H18ClN3. The molecule has 4 heteroatoms. The molecule has 0 radical (unpaired) electrons. The minimum absolute atomic E-state index is 0.457. The van der Waals surface area contributed by atoms with Gasteiger partial charge >= 0.3 is 0 Å². The van der Waals surface area contributed by atoms with E-state index < -0.39 is 0 Å². The lowest BCUT2D eigenvalue weighted by Gasteiger charge is -2.33. The Hall–Kier alpha value is -1.61. The van der Waals surface area contributed by atoms with Gasteiger partial charge in [0.1, 0.15) is 0 Å². The summed E-state index contributed by atoms with van der Waals surface area (Å²) in [5.74, 6) is 1.83. The highest BCUT2D eigenvalue weighted by Gasteiger charge is 2.24. The molecule has 0 fully saturated rings. The molecule has 1 atom stereocenters.